The summed E-state index contributed by atoms with van der Waals surface area (Å²) in [7, 11) is 0. The quantitative estimate of drug-likeness (QED) is 0.902. The molecule has 2 rings (SSSR count). The number of rotatable bonds is 4. The van der Waals surface area contributed by atoms with Gasteiger partial charge in [0.15, 0.2) is 0 Å². The molecule has 106 valence electrons. The van der Waals surface area contributed by atoms with Crippen LogP contribution in [0.5, 0.6) is 0 Å². The van der Waals surface area contributed by atoms with Crippen LogP contribution >= 0.6 is 0 Å². The summed E-state index contributed by atoms with van der Waals surface area (Å²) in [5.41, 5.74) is 7.03. The highest BCUT2D eigenvalue weighted by atomic mass is 19.1. The Bertz CT molecular complexity index is 383. The molecule has 1 aromatic rings. The van der Waals surface area contributed by atoms with E-state index in [1.165, 1.54) is 12.1 Å². The smallest absolute Gasteiger partial charge is 0.123 e. The van der Waals surface area contributed by atoms with Crippen LogP contribution in [0.25, 0.3) is 0 Å². The fourth-order valence-corrected chi connectivity index (χ4v) is 2.75. The topological polar surface area (TPSA) is 32.5 Å². The molecule has 3 nitrogen and oxygen atoms in total. The van der Waals surface area contributed by atoms with E-state index in [9.17, 15) is 4.39 Å². The van der Waals surface area contributed by atoms with Gasteiger partial charge in [-0.05, 0) is 31.5 Å². The molecule has 0 aromatic heterocycles. The fourth-order valence-electron chi connectivity index (χ4n) is 2.75. The van der Waals surface area contributed by atoms with Gasteiger partial charge in [-0.15, -0.1) is 0 Å². The Morgan fingerprint density at radius 2 is 1.58 bits per heavy atom. The second-order valence-corrected chi connectivity index (χ2v) is 5.47. The van der Waals surface area contributed by atoms with Crippen molar-refractivity contribution < 1.29 is 4.39 Å². The van der Waals surface area contributed by atoms with Crippen molar-refractivity contribution >= 4 is 0 Å². The van der Waals surface area contributed by atoms with Crippen LogP contribution in [-0.4, -0.2) is 48.6 Å². The molecule has 0 spiro atoms. The van der Waals surface area contributed by atoms with Crippen LogP contribution in [-0.2, 0) is 0 Å². The zero-order valence-electron chi connectivity index (χ0n) is 11.8. The van der Waals surface area contributed by atoms with Crippen molar-refractivity contribution in [2.45, 2.75) is 25.9 Å². The van der Waals surface area contributed by atoms with Crippen molar-refractivity contribution in [3.05, 3.63) is 35.6 Å². The third-order valence-corrected chi connectivity index (χ3v) is 4.00. The van der Waals surface area contributed by atoms with Gasteiger partial charge in [-0.1, -0.05) is 12.1 Å². The standard InChI is InChI=1S/C15H24FN3/c1-12(2)18-7-9-19(10-8-18)15(11-17)13-3-5-14(16)6-4-13/h3-6,12,15H,7-11,17H2,1-2H3. The molecular formula is C15H24FN3. The van der Waals surface area contributed by atoms with E-state index in [0.717, 1.165) is 31.7 Å². The third-order valence-electron chi connectivity index (χ3n) is 4.00. The van der Waals surface area contributed by atoms with Crippen molar-refractivity contribution in [3.63, 3.8) is 0 Å². The van der Waals surface area contributed by atoms with Gasteiger partial charge < -0.3 is 5.73 Å². The molecule has 4 heteroatoms. The zero-order valence-corrected chi connectivity index (χ0v) is 11.8. The molecule has 1 atom stereocenters. The molecule has 1 aromatic carbocycles. The molecule has 1 aliphatic rings. The van der Waals surface area contributed by atoms with E-state index in [1.54, 1.807) is 0 Å². The van der Waals surface area contributed by atoms with E-state index in [2.05, 4.69) is 23.6 Å². The first-order valence-electron chi connectivity index (χ1n) is 7.05. The van der Waals surface area contributed by atoms with Crippen molar-refractivity contribution in [2.24, 2.45) is 5.73 Å². The normalized spacial score (nSPS) is 19.8. The van der Waals surface area contributed by atoms with Gasteiger partial charge >= 0.3 is 0 Å². The molecule has 0 radical (unpaired) electrons. The molecule has 1 unspecified atom stereocenters. The van der Waals surface area contributed by atoms with Gasteiger partial charge in [-0.3, -0.25) is 9.80 Å². The Morgan fingerprint density at radius 1 is 1.05 bits per heavy atom. The number of hydrogen-bond acceptors (Lipinski definition) is 3. The molecule has 2 N–H and O–H groups in total. The minimum atomic E-state index is -0.191. The minimum Gasteiger partial charge on any atom is -0.329 e. The summed E-state index contributed by atoms with van der Waals surface area (Å²) in [4.78, 5) is 4.89. The average Bonchev–Trinajstić information content (AvgIpc) is 2.42. The predicted octanol–water partition coefficient (Wildman–Crippen LogP) is 1.85. The van der Waals surface area contributed by atoms with Crippen LogP contribution in [0.1, 0.15) is 25.5 Å². The van der Waals surface area contributed by atoms with Crippen molar-refractivity contribution in [1.82, 2.24) is 9.80 Å². The van der Waals surface area contributed by atoms with E-state index in [-0.39, 0.29) is 11.9 Å². The summed E-state index contributed by atoms with van der Waals surface area (Å²) in [6.07, 6.45) is 0. The van der Waals surface area contributed by atoms with Crippen LogP contribution < -0.4 is 5.73 Å². The summed E-state index contributed by atoms with van der Waals surface area (Å²) >= 11 is 0. The maximum Gasteiger partial charge on any atom is 0.123 e. The van der Waals surface area contributed by atoms with Crippen molar-refractivity contribution in [2.75, 3.05) is 32.7 Å². The molecular weight excluding hydrogens is 241 g/mol. The molecule has 1 aliphatic heterocycles. The van der Waals surface area contributed by atoms with E-state index >= 15 is 0 Å². The zero-order chi connectivity index (χ0) is 13.8. The van der Waals surface area contributed by atoms with Gasteiger partial charge in [0.2, 0.25) is 0 Å². The number of nitrogens with zero attached hydrogens (tertiary/aromatic N) is 2. The number of hydrogen-bond donors (Lipinski definition) is 1. The number of benzene rings is 1. The van der Waals surface area contributed by atoms with Gasteiger partial charge in [-0.2, -0.15) is 0 Å². The molecule has 1 heterocycles. The van der Waals surface area contributed by atoms with Gasteiger partial charge in [-0.25, -0.2) is 4.39 Å². The van der Waals surface area contributed by atoms with Crippen LogP contribution in [0.4, 0.5) is 4.39 Å². The van der Waals surface area contributed by atoms with Crippen LogP contribution in [0.2, 0.25) is 0 Å². The predicted molar refractivity (Wildman–Crippen MR) is 76.5 cm³/mol. The maximum absolute atomic E-state index is 13.0. The first kappa shape index (κ1) is 14.4. The molecule has 0 amide bonds. The van der Waals surface area contributed by atoms with E-state index in [4.69, 9.17) is 5.73 Å². The Kier molecular flexibility index (Phi) is 4.91. The van der Waals surface area contributed by atoms with E-state index in [0.29, 0.717) is 12.6 Å². The number of piperazine rings is 1. The van der Waals surface area contributed by atoms with Gasteiger partial charge in [0.05, 0.1) is 0 Å². The highest BCUT2D eigenvalue weighted by molar-refractivity contribution is 5.20. The minimum absolute atomic E-state index is 0.191. The highest BCUT2D eigenvalue weighted by Gasteiger charge is 2.24. The lowest BCUT2D eigenvalue weighted by Gasteiger charge is -2.40. The lowest BCUT2D eigenvalue weighted by atomic mass is 10.0. The van der Waals surface area contributed by atoms with Gasteiger partial charge in [0, 0.05) is 44.8 Å². The molecule has 0 aliphatic carbocycles. The Morgan fingerprint density at radius 3 is 2.05 bits per heavy atom. The highest BCUT2D eigenvalue weighted by Crippen LogP contribution is 2.22. The second-order valence-electron chi connectivity index (χ2n) is 5.47. The third kappa shape index (κ3) is 3.53. The summed E-state index contributed by atoms with van der Waals surface area (Å²) in [5.74, 6) is -0.191. The maximum atomic E-state index is 13.0. The molecule has 19 heavy (non-hydrogen) atoms. The molecule has 0 saturated carbocycles. The SMILES string of the molecule is CC(C)N1CCN(C(CN)c2ccc(F)cc2)CC1. The van der Waals surface area contributed by atoms with Crippen molar-refractivity contribution in [1.29, 1.82) is 0 Å². The lowest BCUT2D eigenvalue weighted by Crippen LogP contribution is -2.50. The second kappa shape index (κ2) is 6.46. The van der Waals surface area contributed by atoms with Gasteiger partial charge in [0.25, 0.3) is 0 Å². The summed E-state index contributed by atoms with van der Waals surface area (Å²) in [6, 6.07) is 7.54. The van der Waals surface area contributed by atoms with Crippen LogP contribution in [0.3, 0.4) is 0 Å². The van der Waals surface area contributed by atoms with Crippen LogP contribution in [0, 0.1) is 5.82 Å². The van der Waals surface area contributed by atoms with Crippen LogP contribution in [0.15, 0.2) is 24.3 Å². The van der Waals surface area contributed by atoms with E-state index < -0.39 is 0 Å². The molecule has 0 bridgehead atoms. The fraction of sp³-hybridized carbons (Fsp3) is 0.600. The number of halogens is 1. The summed E-state index contributed by atoms with van der Waals surface area (Å²) in [6.45, 7) is 9.25. The number of nitrogens with two attached hydrogens (primary N) is 1. The van der Waals surface area contributed by atoms with Gasteiger partial charge in [0.1, 0.15) is 5.82 Å². The van der Waals surface area contributed by atoms with Crippen molar-refractivity contribution in [3.8, 4) is 0 Å². The van der Waals surface area contributed by atoms with E-state index in [1.807, 2.05) is 12.1 Å². The summed E-state index contributed by atoms with van der Waals surface area (Å²) < 4.78 is 13.0. The molecule has 1 saturated heterocycles. The first-order chi connectivity index (χ1) is 9.11. The molecule has 1 fully saturated rings. The Balaban J connectivity index is 2.01. The lowest BCUT2D eigenvalue weighted by molar-refractivity contribution is 0.0802. The summed E-state index contributed by atoms with van der Waals surface area (Å²) in [5, 5.41) is 0. The average molecular weight is 265 g/mol. The largest absolute Gasteiger partial charge is 0.329 e. The Labute approximate surface area is 115 Å². The first-order valence-corrected chi connectivity index (χ1v) is 7.05. The monoisotopic (exact) mass is 265 g/mol. The Hall–Kier alpha value is -0.970.